The SMILES string of the molecule is COc1cc(C)cc(C)c1-c1ccoc1CN. The molecule has 1 aromatic carbocycles. The summed E-state index contributed by atoms with van der Waals surface area (Å²) < 4.78 is 10.8. The molecule has 0 amide bonds. The van der Waals surface area contributed by atoms with Crippen LogP contribution in [0.25, 0.3) is 11.1 Å². The fourth-order valence-corrected chi connectivity index (χ4v) is 2.16. The van der Waals surface area contributed by atoms with Crippen LogP contribution >= 0.6 is 0 Å². The minimum absolute atomic E-state index is 0.388. The molecule has 0 aliphatic rings. The van der Waals surface area contributed by atoms with Gasteiger partial charge < -0.3 is 14.9 Å². The van der Waals surface area contributed by atoms with Crippen molar-refractivity contribution in [2.75, 3.05) is 7.11 Å². The quantitative estimate of drug-likeness (QED) is 0.883. The monoisotopic (exact) mass is 231 g/mol. The highest BCUT2D eigenvalue weighted by Gasteiger charge is 2.15. The van der Waals surface area contributed by atoms with Crippen LogP contribution in [-0.4, -0.2) is 7.11 Å². The maximum atomic E-state index is 5.67. The first-order valence-corrected chi connectivity index (χ1v) is 5.59. The van der Waals surface area contributed by atoms with Crippen molar-refractivity contribution in [3.63, 3.8) is 0 Å². The Labute approximate surface area is 101 Å². The third kappa shape index (κ3) is 2.06. The summed E-state index contributed by atoms with van der Waals surface area (Å²) in [6.45, 7) is 4.51. The predicted octanol–water partition coefficient (Wildman–Crippen LogP) is 3.03. The fraction of sp³-hybridized carbons (Fsp3) is 0.286. The van der Waals surface area contributed by atoms with Gasteiger partial charge in [-0.2, -0.15) is 0 Å². The molecule has 3 nitrogen and oxygen atoms in total. The predicted molar refractivity (Wildman–Crippen MR) is 68.1 cm³/mol. The van der Waals surface area contributed by atoms with Gasteiger partial charge in [0.15, 0.2) is 0 Å². The molecular weight excluding hydrogens is 214 g/mol. The van der Waals surface area contributed by atoms with Crippen molar-refractivity contribution in [3.05, 3.63) is 41.3 Å². The molecule has 0 radical (unpaired) electrons. The lowest BCUT2D eigenvalue weighted by Gasteiger charge is -2.12. The molecule has 0 unspecified atom stereocenters. The van der Waals surface area contributed by atoms with Gasteiger partial charge in [0.05, 0.1) is 19.9 Å². The van der Waals surface area contributed by atoms with Crippen LogP contribution in [0, 0.1) is 13.8 Å². The highest BCUT2D eigenvalue weighted by molar-refractivity contribution is 5.75. The van der Waals surface area contributed by atoms with Crippen molar-refractivity contribution in [3.8, 4) is 16.9 Å². The molecule has 3 heteroatoms. The number of benzene rings is 1. The highest BCUT2D eigenvalue weighted by Crippen LogP contribution is 2.36. The molecule has 2 aromatic rings. The van der Waals surface area contributed by atoms with E-state index in [1.54, 1.807) is 13.4 Å². The van der Waals surface area contributed by atoms with E-state index in [-0.39, 0.29) is 0 Å². The van der Waals surface area contributed by atoms with Crippen molar-refractivity contribution >= 4 is 0 Å². The average molecular weight is 231 g/mol. The van der Waals surface area contributed by atoms with Gasteiger partial charge in [-0.1, -0.05) is 6.07 Å². The summed E-state index contributed by atoms with van der Waals surface area (Å²) in [7, 11) is 1.68. The van der Waals surface area contributed by atoms with Gasteiger partial charge in [0.2, 0.25) is 0 Å². The summed E-state index contributed by atoms with van der Waals surface area (Å²) >= 11 is 0. The molecule has 2 N–H and O–H groups in total. The molecule has 90 valence electrons. The Hall–Kier alpha value is -1.74. The summed E-state index contributed by atoms with van der Waals surface area (Å²) in [6, 6.07) is 6.09. The lowest BCUT2D eigenvalue weighted by Crippen LogP contribution is -1.98. The van der Waals surface area contributed by atoms with E-state index in [2.05, 4.69) is 19.9 Å². The number of rotatable bonds is 3. The second-order valence-electron chi connectivity index (χ2n) is 4.12. The molecular formula is C14H17NO2. The van der Waals surface area contributed by atoms with E-state index in [1.165, 1.54) is 5.56 Å². The number of hydrogen-bond donors (Lipinski definition) is 1. The van der Waals surface area contributed by atoms with Crippen molar-refractivity contribution < 1.29 is 9.15 Å². The second-order valence-corrected chi connectivity index (χ2v) is 4.12. The minimum atomic E-state index is 0.388. The van der Waals surface area contributed by atoms with Crippen molar-refractivity contribution in [1.29, 1.82) is 0 Å². The van der Waals surface area contributed by atoms with Crippen LogP contribution < -0.4 is 10.5 Å². The van der Waals surface area contributed by atoms with Gasteiger partial charge in [0.25, 0.3) is 0 Å². The van der Waals surface area contributed by atoms with Crippen LogP contribution in [0.2, 0.25) is 0 Å². The van der Waals surface area contributed by atoms with Crippen LogP contribution in [0.15, 0.2) is 28.9 Å². The zero-order valence-electron chi connectivity index (χ0n) is 10.4. The maximum Gasteiger partial charge on any atom is 0.127 e. The molecule has 0 aliphatic carbocycles. The van der Waals surface area contributed by atoms with Crippen molar-refractivity contribution in [1.82, 2.24) is 0 Å². The molecule has 0 fully saturated rings. The first-order chi connectivity index (χ1) is 8.17. The molecule has 1 heterocycles. The van der Waals surface area contributed by atoms with Gasteiger partial charge in [-0.15, -0.1) is 0 Å². The van der Waals surface area contributed by atoms with Gasteiger partial charge in [0.1, 0.15) is 11.5 Å². The number of ether oxygens (including phenoxy) is 1. The number of aryl methyl sites for hydroxylation is 2. The summed E-state index contributed by atoms with van der Waals surface area (Å²) in [5, 5.41) is 0. The molecule has 0 spiro atoms. The van der Waals surface area contributed by atoms with E-state index in [4.69, 9.17) is 14.9 Å². The van der Waals surface area contributed by atoms with Gasteiger partial charge in [-0.25, -0.2) is 0 Å². The summed E-state index contributed by atoms with van der Waals surface area (Å²) in [6.07, 6.45) is 1.66. The Morgan fingerprint density at radius 2 is 2.06 bits per heavy atom. The number of nitrogens with two attached hydrogens (primary N) is 1. The molecule has 0 saturated heterocycles. The maximum absolute atomic E-state index is 5.67. The Morgan fingerprint density at radius 3 is 2.71 bits per heavy atom. The fourth-order valence-electron chi connectivity index (χ4n) is 2.16. The van der Waals surface area contributed by atoms with E-state index in [0.29, 0.717) is 6.54 Å². The standard InChI is InChI=1S/C14H17NO2/c1-9-6-10(2)14(12(7-9)16-3)11-4-5-17-13(11)8-15/h4-7H,8,15H2,1-3H3. The topological polar surface area (TPSA) is 48.4 Å². The van der Waals surface area contributed by atoms with Gasteiger partial charge >= 0.3 is 0 Å². The highest BCUT2D eigenvalue weighted by atomic mass is 16.5. The van der Waals surface area contributed by atoms with E-state index in [1.807, 2.05) is 12.1 Å². The largest absolute Gasteiger partial charge is 0.496 e. The van der Waals surface area contributed by atoms with Crippen LogP contribution in [0.4, 0.5) is 0 Å². The molecule has 1 aromatic heterocycles. The van der Waals surface area contributed by atoms with Gasteiger partial charge in [-0.05, 0) is 37.1 Å². The van der Waals surface area contributed by atoms with E-state index in [9.17, 15) is 0 Å². The first kappa shape index (κ1) is 11.7. The third-order valence-corrected chi connectivity index (χ3v) is 2.86. The molecule has 0 atom stereocenters. The smallest absolute Gasteiger partial charge is 0.127 e. The number of hydrogen-bond acceptors (Lipinski definition) is 3. The van der Waals surface area contributed by atoms with Gasteiger partial charge in [-0.3, -0.25) is 0 Å². The Kier molecular flexibility index (Phi) is 3.20. The first-order valence-electron chi connectivity index (χ1n) is 5.59. The van der Waals surface area contributed by atoms with E-state index in [0.717, 1.165) is 28.2 Å². The molecule has 0 bridgehead atoms. The number of methoxy groups -OCH3 is 1. The van der Waals surface area contributed by atoms with E-state index >= 15 is 0 Å². The van der Waals surface area contributed by atoms with Gasteiger partial charge in [0, 0.05) is 11.1 Å². The average Bonchev–Trinajstić information content (AvgIpc) is 2.75. The summed E-state index contributed by atoms with van der Waals surface area (Å²) in [5.41, 5.74) is 10.1. The van der Waals surface area contributed by atoms with Crippen LogP contribution in [0.1, 0.15) is 16.9 Å². The summed E-state index contributed by atoms with van der Waals surface area (Å²) in [4.78, 5) is 0. The number of furan rings is 1. The van der Waals surface area contributed by atoms with Crippen molar-refractivity contribution in [2.24, 2.45) is 5.73 Å². The Balaban J connectivity index is 2.66. The zero-order chi connectivity index (χ0) is 12.4. The van der Waals surface area contributed by atoms with Crippen LogP contribution in [-0.2, 0) is 6.54 Å². The summed E-state index contributed by atoms with van der Waals surface area (Å²) in [5.74, 6) is 1.65. The molecule has 2 rings (SSSR count). The molecule has 0 saturated carbocycles. The minimum Gasteiger partial charge on any atom is -0.496 e. The Morgan fingerprint density at radius 1 is 1.29 bits per heavy atom. The van der Waals surface area contributed by atoms with Crippen LogP contribution in [0.3, 0.4) is 0 Å². The molecule has 17 heavy (non-hydrogen) atoms. The van der Waals surface area contributed by atoms with E-state index < -0.39 is 0 Å². The Bertz CT molecular complexity index is 529. The third-order valence-electron chi connectivity index (χ3n) is 2.86. The molecule has 0 aliphatic heterocycles. The lowest BCUT2D eigenvalue weighted by atomic mass is 9.97. The second kappa shape index (κ2) is 4.63. The zero-order valence-corrected chi connectivity index (χ0v) is 10.4. The van der Waals surface area contributed by atoms with Crippen molar-refractivity contribution in [2.45, 2.75) is 20.4 Å². The normalized spacial score (nSPS) is 10.6. The van der Waals surface area contributed by atoms with Crippen LogP contribution in [0.5, 0.6) is 5.75 Å². The lowest BCUT2D eigenvalue weighted by molar-refractivity contribution is 0.415.